The van der Waals surface area contributed by atoms with Crippen molar-refractivity contribution in [2.24, 2.45) is 0 Å². The van der Waals surface area contributed by atoms with Gasteiger partial charge in [0.25, 0.3) is 0 Å². The first kappa shape index (κ1) is 11.8. The first-order chi connectivity index (χ1) is 6.87. The third kappa shape index (κ3) is 4.64. The quantitative estimate of drug-likeness (QED) is 0.721. The summed E-state index contributed by atoms with van der Waals surface area (Å²) in [5.74, 6) is 0.196. The van der Waals surface area contributed by atoms with Crippen molar-refractivity contribution in [3.63, 3.8) is 0 Å². The van der Waals surface area contributed by atoms with E-state index < -0.39 is 11.7 Å². The molecule has 6 heteroatoms. The molecule has 0 saturated heterocycles. The number of nitrogens with one attached hydrogen (secondary N) is 1. The fourth-order valence-electron chi connectivity index (χ4n) is 0.781. The maximum absolute atomic E-state index is 11.3. The average Bonchev–Trinajstić information content (AvgIpc) is 2.05. The molecule has 1 heterocycles. The number of nitrogens with zero attached hydrogens (tertiary/aromatic N) is 2. The first-order valence-corrected chi connectivity index (χ1v) is 4.82. The van der Waals surface area contributed by atoms with Crippen LogP contribution in [-0.2, 0) is 4.74 Å². The Morgan fingerprint density at radius 3 is 2.40 bits per heavy atom. The zero-order chi connectivity index (χ0) is 11.5. The minimum absolute atomic E-state index is 0.196. The van der Waals surface area contributed by atoms with Crippen LogP contribution >= 0.6 is 12.6 Å². The van der Waals surface area contributed by atoms with E-state index in [1.165, 1.54) is 12.4 Å². The van der Waals surface area contributed by atoms with Crippen LogP contribution < -0.4 is 5.32 Å². The molecule has 0 aliphatic rings. The van der Waals surface area contributed by atoms with Gasteiger partial charge >= 0.3 is 6.09 Å². The molecule has 0 fully saturated rings. The Balaban J connectivity index is 2.55. The first-order valence-electron chi connectivity index (χ1n) is 4.38. The molecule has 0 aliphatic heterocycles. The van der Waals surface area contributed by atoms with Gasteiger partial charge in [-0.05, 0) is 20.8 Å². The Labute approximate surface area is 93.7 Å². The summed E-state index contributed by atoms with van der Waals surface area (Å²) in [5.41, 5.74) is -0.534. The van der Waals surface area contributed by atoms with Crippen molar-refractivity contribution in [1.82, 2.24) is 9.97 Å². The minimum Gasteiger partial charge on any atom is -0.444 e. The number of hydrogen-bond acceptors (Lipinski definition) is 5. The molecular weight excluding hydrogens is 214 g/mol. The molecule has 0 spiro atoms. The lowest BCUT2D eigenvalue weighted by Crippen LogP contribution is -2.27. The van der Waals surface area contributed by atoms with Crippen molar-refractivity contribution in [1.29, 1.82) is 0 Å². The monoisotopic (exact) mass is 227 g/mol. The number of carbonyl (C=O) groups excluding carboxylic acids is 1. The van der Waals surface area contributed by atoms with Crippen molar-refractivity contribution in [3.05, 3.63) is 12.4 Å². The molecule has 15 heavy (non-hydrogen) atoms. The second-order valence-corrected chi connectivity index (χ2v) is 4.41. The number of carbonyl (C=O) groups is 1. The largest absolute Gasteiger partial charge is 0.444 e. The number of thiol groups is 1. The Bertz CT molecular complexity index is 345. The normalized spacial score (nSPS) is 10.9. The molecule has 0 atom stereocenters. The van der Waals surface area contributed by atoms with Crippen LogP contribution in [0.25, 0.3) is 0 Å². The van der Waals surface area contributed by atoms with Crippen molar-refractivity contribution in [2.75, 3.05) is 5.32 Å². The van der Waals surface area contributed by atoms with Crippen LogP contribution in [-0.4, -0.2) is 21.7 Å². The maximum atomic E-state index is 11.3. The highest BCUT2D eigenvalue weighted by molar-refractivity contribution is 7.80. The second-order valence-electron chi connectivity index (χ2n) is 3.89. The van der Waals surface area contributed by atoms with Crippen molar-refractivity contribution >= 4 is 24.7 Å². The summed E-state index contributed by atoms with van der Waals surface area (Å²) >= 11 is 4.02. The van der Waals surface area contributed by atoms with Crippen molar-refractivity contribution in [2.45, 2.75) is 31.3 Å². The second kappa shape index (κ2) is 4.48. The number of amides is 1. The van der Waals surface area contributed by atoms with Gasteiger partial charge in [0.1, 0.15) is 5.60 Å². The van der Waals surface area contributed by atoms with Gasteiger partial charge in [-0.15, -0.1) is 12.6 Å². The van der Waals surface area contributed by atoms with Crippen LogP contribution in [0, 0.1) is 0 Å². The van der Waals surface area contributed by atoms with Crippen LogP contribution in [0.2, 0.25) is 0 Å². The molecule has 1 amide bonds. The van der Waals surface area contributed by atoms with Gasteiger partial charge in [0, 0.05) is 17.3 Å². The SMILES string of the molecule is CC(C)(C)OC(=O)Nc1ncc(S)cn1. The summed E-state index contributed by atoms with van der Waals surface area (Å²) < 4.78 is 5.02. The molecule has 5 nitrogen and oxygen atoms in total. The van der Waals surface area contributed by atoms with Crippen LogP contribution in [0.15, 0.2) is 17.3 Å². The van der Waals surface area contributed by atoms with E-state index in [2.05, 4.69) is 27.9 Å². The summed E-state index contributed by atoms with van der Waals surface area (Å²) in [5, 5.41) is 2.41. The smallest absolute Gasteiger partial charge is 0.414 e. The predicted octanol–water partition coefficient (Wildman–Crippen LogP) is 2.11. The van der Waals surface area contributed by atoms with E-state index in [1.807, 2.05) is 0 Å². The van der Waals surface area contributed by atoms with E-state index in [4.69, 9.17) is 4.74 Å². The minimum atomic E-state index is -0.575. The zero-order valence-corrected chi connectivity index (χ0v) is 9.71. The summed E-state index contributed by atoms with van der Waals surface area (Å²) in [6.45, 7) is 5.35. The van der Waals surface area contributed by atoms with Gasteiger partial charge in [-0.2, -0.15) is 0 Å². The van der Waals surface area contributed by atoms with Gasteiger partial charge in [0.15, 0.2) is 0 Å². The number of aromatic nitrogens is 2. The lowest BCUT2D eigenvalue weighted by atomic mass is 10.2. The zero-order valence-electron chi connectivity index (χ0n) is 8.81. The Kier molecular flexibility index (Phi) is 3.52. The number of hydrogen-bond donors (Lipinski definition) is 2. The average molecular weight is 227 g/mol. The number of anilines is 1. The molecule has 1 aromatic rings. The molecule has 0 bridgehead atoms. The topological polar surface area (TPSA) is 64.1 Å². The summed E-state index contributed by atoms with van der Waals surface area (Å²) in [4.78, 5) is 19.6. The third-order valence-electron chi connectivity index (χ3n) is 1.25. The van der Waals surface area contributed by atoms with E-state index in [1.54, 1.807) is 20.8 Å². The van der Waals surface area contributed by atoms with Crippen LogP contribution in [0.1, 0.15) is 20.8 Å². The molecule has 1 rings (SSSR count). The fraction of sp³-hybridized carbons (Fsp3) is 0.444. The molecule has 1 aromatic heterocycles. The van der Waals surface area contributed by atoms with Gasteiger partial charge in [-0.25, -0.2) is 14.8 Å². The molecule has 0 aliphatic carbocycles. The van der Waals surface area contributed by atoms with E-state index in [0.29, 0.717) is 4.90 Å². The lowest BCUT2D eigenvalue weighted by molar-refractivity contribution is 0.0634. The highest BCUT2D eigenvalue weighted by atomic mass is 32.1. The fourth-order valence-corrected chi connectivity index (χ4v) is 0.896. The van der Waals surface area contributed by atoms with E-state index in [-0.39, 0.29) is 5.95 Å². The van der Waals surface area contributed by atoms with Gasteiger partial charge < -0.3 is 4.74 Å². The van der Waals surface area contributed by atoms with Crippen molar-refractivity contribution in [3.8, 4) is 0 Å². The van der Waals surface area contributed by atoms with Crippen LogP contribution in [0.5, 0.6) is 0 Å². The van der Waals surface area contributed by atoms with Gasteiger partial charge in [0.05, 0.1) is 0 Å². The van der Waals surface area contributed by atoms with Crippen molar-refractivity contribution < 1.29 is 9.53 Å². The Hall–Kier alpha value is -1.30. The predicted molar refractivity (Wildman–Crippen MR) is 59.1 cm³/mol. The number of rotatable bonds is 1. The van der Waals surface area contributed by atoms with E-state index in [9.17, 15) is 4.79 Å². The summed E-state index contributed by atoms with van der Waals surface area (Å²) in [6, 6.07) is 0. The van der Waals surface area contributed by atoms with Crippen LogP contribution in [0.4, 0.5) is 10.7 Å². The lowest BCUT2D eigenvalue weighted by Gasteiger charge is -2.19. The number of ether oxygens (including phenoxy) is 1. The summed E-state index contributed by atoms with van der Waals surface area (Å²) in [7, 11) is 0. The van der Waals surface area contributed by atoms with Gasteiger partial charge in [0.2, 0.25) is 5.95 Å². The maximum Gasteiger partial charge on any atom is 0.414 e. The standard InChI is InChI=1S/C9H13N3O2S/c1-9(2,3)14-8(13)12-7-10-4-6(15)5-11-7/h4-5,15H,1-3H3,(H,10,11,12,13). The Morgan fingerprint density at radius 1 is 1.40 bits per heavy atom. The Morgan fingerprint density at radius 2 is 1.93 bits per heavy atom. The molecular formula is C9H13N3O2S. The van der Waals surface area contributed by atoms with Gasteiger partial charge in [-0.1, -0.05) is 0 Å². The van der Waals surface area contributed by atoms with Crippen LogP contribution in [0.3, 0.4) is 0 Å². The molecule has 82 valence electrons. The molecule has 0 radical (unpaired) electrons. The molecule has 1 N–H and O–H groups in total. The summed E-state index contributed by atoms with van der Waals surface area (Å²) in [6.07, 6.45) is 2.40. The third-order valence-corrected chi connectivity index (χ3v) is 1.48. The highest BCUT2D eigenvalue weighted by Gasteiger charge is 2.16. The molecule has 0 unspecified atom stereocenters. The molecule has 0 aromatic carbocycles. The molecule has 0 saturated carbocycles. The van der Waals surface area contributed by atoms with Gasteiger partial charge in [-0.3, -0.25) is 5.32 Å². The van der Waals surface area contributed by atoms with E-state index in [0.717, 1.165) is 0 Å². The highest BCUT2D eigenvalue weighted by Crippen LogP contribution is 2.09. The van der Waals surface area contributed by atoms with E-state index >= 15 is 0 Å².